The Morgan fingerprint density at radius 3 is 2.57 bits per heavy atom. The molecule has 1 aliphatic rings. The van der Waals surface area contributed by atoms with Crippen molar-refractivity contribution in [1.82, 2.24) is 4.31 Å². The first-order valence-corrected chi connectivity index (χ1v) is 7.90. The first-order valence-electron chi connectivity index (χ1n) is 6.08. The molecule has 21 heavy (non-hydrogen) atoms. The largest absolute Gasteiger partial charge is 0.480 e. The zero-order valence-electron chi connectivity index (χ0n) is 10.8. The van der Waals surface area contributed by atoms with Gasteiger partial charge in [0.25, 0.3) is 0 Å². The fourth-order valence-electron chi connectivity index (χ4n) is 2.26. The van der Waals surface area contributed by atoms with Crippen molar-refractivity contribution in [1.29, 1.82) is 0 Å². The molecule has 2 rings (SSSR count). The van der Waals surface area contributed by atoms with Gasteiger partial charge in [-0.25, -0.2) is 8.42 Å². The lowest BCUT2D eigenvalue weighted by molar-refractivity contribution is -0.140. The molecular weight excluding hydrogens is 320 g/mol. The number of sulfonamides is 1. The smallest absolute Gasteiger partial charge is 0.322 e. The average Bonchev–Trinajstić information content (AvgIpc) is 2.87. The molecule has 1 aromatic carbocycles. The van der Waals surface area contributed by atoms with Gasteiger partial charge in [0.2, 0.25) is 15.9 Å². The Labute approximate surface area is 126 Å². The second-order valence-corrected chi connectivity index (χ2v) is 6.98. The molecule has 1 amide bonds. The number of benzene rings is 1. The molecule has 0 bridgehead atoms. The van der Waals surface area contributed by atoms with Gasteiger partial charge in [-0.3, -0.25) is 9.59 Å². The van der Waals surface area contributed by atoms with Crippen LogP contribution in [0, 0.1) is 0 Å². The van der Waals surface area contributed by atoms with Crippen molar-refractivity contribution in [3.8, 4) is 0 Å². The molecule has 0 saturated carbocycles. The summed E-state index contributed by atoms with van der Waals surface area (Å²) in [6.07, 6.45) is 0.706. The summed E-state index contributed by atoms with van der Waals surface area (Å²) in [6, 6.07) is 2.41. The normalized spacial score (nSPS) is 19.6. The molecule has 114 valence electrons. The number of carboxylic acids is 1. The summed E-state index contributed by atoms with van der Waals surface area (Å²) in [6.45, 7) is 0.109. The van der Waals surface area contributed by atoms with Gasteiger partial charge in [-0.05, 0) is 31.0 Å². The third-order valence-corrected chi connectivity index (χ3v) is 5.36. The maximum atomic E-state index is 12.5. The van der Waals surface area contributed by atoms with E-state index in [1.54, 1.807) is 0 Å². The predicted molar refractivity (Wildman–Crippen MR) is 74.5 cm³/mol. The van der Waals surface area contributed by atoms with Gasteiger partial charge in [-0.1, -0.05) is 11.6 Å². The predicted octanol–water partition coefficient (Wildman–Crippen LogP) is 0.677. The van der Waals surface area contributed by atoms with Crippen LogP contribution in [0.15, 0.2) is 23.1 Å². The summed E-state index contributed by atoms with van der Waals surface area (Å²) in [5.74, 6) is -2.02. The van der Waals surface area contributed by atoms with Crippen molar-refractivity contribution in [2.24, 2.45) is 5.73 Å². The number of hydrogen-bond donors (Lipinski definition) is 2. The molecular formula is C12H13ClN2O5S. The first-order chi connectivity index (χ1) is 9.73. The Bertz CT molecular complexity index is 704. The molecule has 1 aliphatic heterocycles. The van der Waals surface area contributed by atoms with Gasteiger partial charge in [0.1, 0.15) is 6.04 Å². The maximum absolute atomic E-state index is 12.5. The first kappa shape index (κ1) is 15.7. The summed E-state index contributed by atoms with van der Waals surface area (Å²) in [7, 11) is -4.05. The lowest BCUT2D eigenvalue weighted by Gasteiger charge is -2.21. The zero-order chi connectivity index (χ0) is 15.8. The molecule has 0 aliphatic carbocycles. The van der Waals surface area contributed by atoms with Crippen LogP contribution in [0.1, 0.15) is 23.2 Å². The molecule has 1 aromatic rings. The molecule has 0 spiro atoms. The lowest BCUT2D eigenvalue weighted by Crippen LogP contribution is -2.40. The highest BCUT2D eigenvalue weighted by Crippen LogP contribution is 2.28. The minimum absolute atomic E-state index is 0.0379. The maximum Gasteiger partial charge on any atom is 0.322 e. The summed E-state index contributed by atoms with van der Waals surface area (Å²) in [4.78, 5) is 22.1. The minimum Gasteiger partial charge on any atom is -0.480 e. The van der Waals surface area contributed by atoms with E-state index in [1.807, 2.05) is 0 Å². The quantitative estimate of drug-likeness (QED) is 0.840. The van der Waals surface area contributed by atoms with E-state index in [0.29, 0.717) is 6.42 Å². The number of carboxylic acid groups (broad SMARTS) is 1. The van der Waals surface area contributed by atoms with Crippen LogP contribution in [0.3, 0.4) is 0 Å². The van der Waals surface area contributed by atoms with Gasteiger partial charge in [0, 0.05) is 17.1 Å². The van der Waals surface area contributed by atoms with Crippen LogP contribution in [0.4, 0.5) is 0 Å². The van der Waals surface area contributed by atoms with E-state index >= 15 is 0 Å². The topological polar surface area (TPSA) is 118 Å². The van der Waals surface area contributed by atoms with Crippen molar-refractivity contribution in [3.05, 3.63) is 28.8 Å². The monoisotopic (exact) mass is 332 g/mol. The van der Waals surface area contributed by atoms with Gasteiger partial charge in [0.05, 0.1) is 4.90 Å². The SMILES string of the molecule is NC(=O)c1cc(Cl)cc(S(=O)(=O)N2CCC[C@@H]2C(=O)O)c1. The van der Waals surface area contributed by atoms with Gasteiger partial charge >= 0.3 is 5.97 Å². The number of nitrogens with two attached hydrogens (primary N) is 1. The minimum atomic E-state index is -4.05. The molecule has 0 unspecified atom stereocenters. The van der Waals surface area contributed by atoms with Crippen LogP contribution in [0.5, 0.6) is 0 Å². The number of primary amides is 1. The highest BCUT2D eigenvalue weighted by Gasteiger charge is 2.39. The molecule has 0 aromatic heterocycles. The Kier molecular flexibility index (Phi) is 4.22. The van der Waals surface area contributed by atoms with Crippen molar-refractivity contribution < 1.29 is 23.1 Å². The summed E-state index contributed by atoms with van der Waals surface area (Å²) >= 11 is 5.80. The van der Waals surface area contributed by atoms with Crippen molar-refractivity contribution >= 4 is 33.5 Å². The van der Waals surface area contributed by atoms with Gasteiger partial charge in [-0.2, -0.15) is 4.31 Å². The lowest BCUT2D eigenvalue weighted by atomic mass is 10.2. The zero-order valence-corrected chi connectivity index (χ0v) is 12.4. The third kappa shape index (κ3) is 3.02. The van der Waals surface area contributed by atoms with Gasteiger partial charge in [0.15, 0.2) is 0 Å². The van der Waals surface area contributed by atoms with E-state index in [-0.39, 0.29) is 28.4 Å². The fraction of sp³-hybridized carbons (Fsp3) is 0.333. The van der Waals surface area contributed by atoms with E-state index < -0.39 is 27.9 Å². The van der Waals surface area contributed by atoms with E-state index in [1.165, 1.54) is 12.1 Å². The second kappa shape index (κ2) is 5.63. The average molecular weight is 333 g/mol. The molecule has 7 nitrogen and oxygen atoms in total. The standard InChI is InChI=1S/C12H13ClN2O5S/c13-8-4-7(11(14)16)5-9(6-8)21(19,20)15-3-1-2-10(15)12(17)18/h4-6,10H,1-3H2,(H2,14,16)(H,17,18)/t10-/m1/s1. The van der Waals surface area contributed by atoms with Crippen LogP contribution >= 0.6 is 11.6 Å². The number of carbonyl (C=O) groups is 2. The molecule has 0 radical (unpaired) electrons. The number of hydrogen-bond acceptors (Lipinski definition) is 4. The molecule has 1 saturated heterocycles. The highest BCUT2D eigenvalue weighted by molar-refractivity contribution is 7.89. The van der Waals surface area contributed by atoms with E-state index in [4.69, 9.17) is 22.4 Å². The molecule has 1 atom stereocenters. The number of carbonyl (C=O) groups excluding carboxylic acids is 1. The van der Waals surface area contributed by atoms with Gasteiger partial charge in [-0.15, -0.1) is 0 Å². The summed E-state index contributed by atoms with van der Waals surface area (Å²) < 4.78 is 26.0. The van der Waals surface area contributed by atoms with E-state index in [9.17, 15) is 18.0 Å². The van der Waals surface area contributed by atoms with Gasteiger partial charge < -0.3 is 10.8 Å². The molecule has 1 fully saturated rings. The van der Waals surface area contributed by atoms with E-state index in [2.05, 4.69) is 0 Å². The Hall–Kier alpha value is -1.64. The number of amides is 1. The third-order valence-electron chi connectivity index (χ3n) is 3.25. The molecule has 3 N–H and O–H groups in total. The van der Waals surface area contributed by atoms with E-state index in [0.717, 1.165) is 10.4 Å². The Morgan fingerprint density at radius 2 is 2.00 bits per heavy atom. The number of halogens is 1. The Morgan fingerprint density at radius 1 is 1.33 bits per heavy atom. The Balaban J connectivity index is 2.49. The van der Waals surface area contributed by atoms with Crippen molar-refractivity contribution in [2.45, 2.75) is 23.8 Å². The summed E-state index contributed by atoms with van der Waals surface area (Å²) in [5.41, 5.74) is 5.07. The number of aliphatic carboxylic acids is 1. The van der Waals surface area contributed by atoms with Crippen LogP contribution in [-0.2, 0) is 14.8 Å². The van der Waals surface area contributed by atoms with Crippen LogP contribution in [0.2, 0.25) is 5.02 Å². The summed E-state index contributed by atoms with van der Waals surface area (Å²) in [5, 5.41) is 9.12. The molecule has 1 heterocycles. The van der Waals surface area contributed by atoms with Crippen molar-refractivity contribution in [3.63, 3.8) is 0 Å². The second-order valence-electron chi connectivity index (χ2n) is 4.65. The van der Waals surface area contributed by atoms with Crippen LogP contribution in [0.25, 0.3) is 0 Å². The number of nitrogens with zero attached hydrogens (tertiary/aromatic N) is 1. The van der Waals surface area contributed by atoms with Crippen LogP contribution in [-0.4, -0.2) is 42.3 Å². The van der Waals surface area contributed by atoms with Crippen LogP contribution < -0.4 is 5.73 Å². The number of rotatable bonds is 4. The van der Waals surface area contributed by atoms with Crippen molar-refractivity contribution in [2.75, 3.05) is 6.54 Å². The molecule has 9 heteroatoms. The highest BCUT2D eigenvalue weighted by atomic mass is 35.5. The fourth-order valence-corrected chi connectivity index (χ4v) is 4.29.